The molecule has 2 rings (SSSR count). The summed E-state index contributed by atoms with van der Waals surface area (Å²) in [7, 11) is 3.84. The number of rotatable bonds is 9. The first-order valence-corrected chi connectivity index (χ1v) is 10.7. The smallest absolute Gasteiger partial charge is 0.350 e. The molecule has 0 aliphatic heterocycles. The Bertz CT molecular complexity index is 807. The summed E-state index contributed by atoms with van der Waals surface area (Å²) >= 11 is 1.36. The Balaban J connectivity index is 1.82. The van der Waals surface area contributed by atoms with Crippen LogP contribution in [0.5, 0.6) is 0 Å². The van der Waals surface area contributed by atoms with E-state index in [-0.39, 0.29) is 12.0 Å². The Morgan fingerprint density at radius 1 is 1.34 bits per heavy atom. The maximum absolute atomic E-state index is 12.0. The van der Waals surface area contributed by atoms with Crippen LogP contribution in [-0.4, -0.2) is 50.7 Å². The number of guanidine groups is 1. The lowest BCUT2D eigenvalue weighted by Gasteiger charge is -2.20. The molecule has 1 heterocycles. The summed E-state index contributed by atoms with van der Waals surface area (Å²) < 4.78 is 5.09. The van der Waals surface area contributed by atoms with Crippen LogP contribution in [0.2, 0.25) is 0 Å². The van der Waals surface area contributed by atoms with Gasteiger partial charge in [-0.3, -0.25) is 4.99 Å². The Kier molecular flexibility index (Phi) is 8.92. The van der Waals surface area contributed by atoms with E-state index in [0.29, 0.717) is 23.1 Å². The molecular weight excluding hydrogens is 386 g/mol. The standard InChI is InChI=1S/C21H31N5O2S/c1-6-28-20(27)18-15(2)24-19(29-18)16(3)25-21(22-4)23-13-10-14-26(5)17-11-8-7-9-12-17/h7-9,11-12,16H,6,10,13-14H2,1-5H3,(H2,22,23,25). The number of nitrogens with one attached hydrogen (secondary N) is 2. The normalized spacial score (nSPS) is 12.4. The highest BCUT2D eigenvalue weighted by Gasteiger charge is 2.20. The third kappa shape index (κ3) is 6.74. The highest BCUT2D eigenvalue weighted by Crippen LogP contribution is 2.24. The van der Waals surface area contributed by atoms with Gasteiger partial charge in [-0.05, 0) is 39.3 Å². The summed E-state index contributed by atoms with van der Waals surface area (Å²) in [5.41, 5.74) is 1.91. The van der Waals surface area contributed by atoms with Gasteiger partial charge in [0.25, 0.3) is 0 Å². The fourth-order valence-corrected chi connectivity index (χ4v) is 3.75. The van der Waals surface area contributed by atoms with Crippen molar-refractivity contribution in [2.24, 2.45) is 4.99 Å². The molecule has 1 aromatic heterocycles. The van der Waals surface area contributed by atoms with Crippen LogP contribution in [0.25, 0.3) is 0 Å². The van der Waals surface area contributed by atoms with Gasteiger partial charge in [0.05, 0.1) is 18.3 Å². The molecule has 0 aliphatic rings. The summed E-state index contributed by atoms with van der Waals surface area (Å²) in [6.45, 7) is 7.73. The average molecular weight is 418 g/mol. The number of hydrogen-bond donors (Lipinski definition) is 2. The predicted octanol–water partition coefficient (Wildman–Crippen LogP) is 3.38. The Morgan fingerprint density at radius 2 is 2.07 bits per heavy atom. The van der Waals surface area contributed by atoms with Crippen molar-refractivity contribution in [1.82, 2.24) is 15.6 Å². The molecule has 7 nitrogen and oxygen atoms in total. The van der Waals surface area contributed by atoms with Crippen LogP contribution in [0.3, 0.4) is 0 Å². The number of nitrogens with zero attached hydrogens (tertiary/aromatic N) is 3. The first kappa shape index (κ1) is 22.7. The van der Waals surface area contributed by atoms with Gasteiger partial charge in [-0.1, -0.05) is 18.2 Å². The highest BCUT2D eigenvalue weighted by atomic mass is 32.1. The molecule has 0 bridgehead atoms. The van der Waals surface area contributed by atoms with Crippen LogP contribution in [0, 0.1) is 6.92 Å². The lowest BCUT2D eigenvalue weighted by atomic mass is 10.3. The van der Waals surface area contributed by atoms with Crippen molar-refractivity contribution in [3.05, 3.63) is 45.9 Å². The molecule has 1 aromatic carbocycles. The number of benzene rings is 1. The molecule has 0 fully saturated rings. The maximum Gasteiger partial charge on any atom is 0.350 e. The first-order chi connectivity index (χ1) is 14.0. The average Bonchev–Trinajstić information content (AvgIpc) is 3.12. The molecule has 0 aliphatic carbocycles. The van der Waals surface area contributed by atoms with E-state index in [1.54, 1.807) is 14.0 Å². The monoisotopic (exact) mass is 417 g/mol. The van der Waals surface area contributed by atoms with Crippen molar-refractivity contribution in [3.8, 4) is 0 Å². The number of hydrogen-bond acceptors (Lipinski definition) is 6. The van der Waals surface area contributed by atoms with Gasteiger partial charge < -0.3 is 20.3 Å². The lowest BCUT2D eigenvalue weighted by Crippen LogP contribution is -2.39. The number of aryl methyl sites for hydroxylation is 1. The number of anilines is 1. The first-order valence-electron chi connectivity index (χ1n) is 9.84. The second kappa shape index (κ2) is 11.4. The predicted molar refractivity (Wildman–Crippen MR) is 120 cm³/mol. The number of carbonyl (C=O) groups is 1. The van der Waals surface area contributed by atoms with E-state index in [1.165, 1.54) is 17.0 Å². The van der Waals surface area contributed by atoms with E-state index in [0.717, 1.165) is 24.5 Å². The molecule has 0 spiro atoms. The number of carbonyl (C=O) groups excluding carboxylic acids is 1. The van der Waals surface area contributed by atoms with Crippen molar-refractivity contribution < 1.29 is 9.53 Å². The quantitative estimate of drug-likeness (QED) is 0.282. The Labute approximate surface area is 177 Å². The van der Waals surface area contributed by atoms with E-state index in [9.17, 15) is 4.79 Å². The number of aliphatic imine (C=N–C) groups is 1. The SMILES string of the molecule is CCOC(=O)c1sc(C(C)NC(=NC)NCCCN(C)c2ccccc2)nc1C. The molecular formula is C21H31N5O2S. The van der Waals surface area contributed by atoms with Crippen LogP contribution in [0.1, 0.15) is 46.7 Å². The molecule has 0 saturated heterocycles. The molecule has 8 heteroatoms. The fraction of sp³-hybridized carbons (Fsp3) is 0.476. The largest absolute Gasteiger partial charge is 0.462 e. The van der Waals surface area contributed by atoms with Crippen LogP contribution in [0.15, 0.2) is 35.3 Å². The van der Waals surface area contributed by atoms with Gasteiger partial charge in [0.2, 0.25) is 0 Å². The third-order valence-electron chi connectivity index (χ3n) is 4.38. The number of ether oxygens (including phenoxy) is 1. The molecule has 0 radical (unpaired) electrons. The summed E-state index contributed by atoms with van der Waals surface area (Å²) in [5.74, 6) is 0.399. The zero-order valence-electron chi connectivity index (χ0n) is 17.9. The van der Waals surface area contributed by atoms with Crippen molar-refractivity contribution in [1.29, 1.82) is 0 Å². The molecule has 29 heavy (non-hydrogen) atoms. The lowest BCUT2D eigenvalue weighted by molar-refractivity contribution is 0.0531. The van der Waals surface area contributed by atoms with Crippen LogP contribution < -0.4 is 15.5 Å². The van der Waals surface area contributed by atoms with E-state index in [1.807, 2.05) is 32.0 Å². The molecule has 2 aromatic rings. The minimum Gasteiger partial charge on any atom is -0.462 e. The molecule has 0 saturated carbocycles. The van der Waals surface area contributed by atoms with Gasteiger partial charge in [0.15, 0.2) is 5.96 Å². The molecule has 2 N–H and O–H groups in total. The van der Waals surface area contributed by atoms with Crippen LogP contribution >= 0.6 is 11.3 Å². The van der Waals surface area contributed by atoms with E-state index in [4.69, 9.17) is 4.74 Å². The van der Waals surface area contributed by atoms with Gasteiger partial charge in [-0.25, -0.2) is 9.78 Å². The van der Waals surface area contributed by atoms with E-state index >= 15 is 0 Å². The minimum atomic E-state index is -0.314. The fourth-order valence-electron chi connectivity index (χ4n) is 2.78. The van der Waals surface area contributed by atoms with Crippen molar-refractivity contribution in [2.45, 2.75) is 33.2 Å². The minimum absolute atomic E-state index is 0.0694. The molecule has 1 atom stereocenters. The number of aromatic nitrogens is 1. The number of thiazole rings is 1. The molecule has 0 amide bonds. The summed E-state index contributed by atoms with van der Waals surface area (Å²) in [5, 5.41) is 7.50. The second-order valence-corrected chi connectivity index (χ2v) is 7.69. The van der Waals surface area contributed by atoms with E-state index in [2.05, 4.69) is 44.7 Å². The van der Waals surface area contributed by atoms with Gasteiger partial charge >= 0.3 is 5.97 Å². The van der Waals surface area contributed by atoms with Gasteiger partial charge in [-0.15, -0.1) is 11.3 Å². The van der Waals surface area contributed by atoms with Gasteiger partial charge in [0, 0.05) is 32.9 Å². The van der Waals surface area contributed by atoms with Crippen LogP contribution in [0.4, 0.5) is 5.69 Å². The van der Waals surface area contributed by atoms with Crippen molar-refractivity contribution in [2.75, 3.05) is 38.7 Å². The number of esters is 1. The van der Waals surface area contributed by atoms with Crippen molar-refractivity contribution in [3.63, 3.8) is 0 Å². The van der Waals surface area contributed by atoms with E-state index < -0.39 is 0 Å². The van der Waals surface area contributed by atoms with Gasteiger partial charge in [-0.2, -0.15) is 0 Å². The second-order valence-electron chi connectivity index (χ2n) is 6.66. The molecule has 158 valence electrons. The summed E-state index contributed by atoms with van der Waals surface area (Å²) in [6.07, 6.45) is 0.976. The van der Waals surface area contributed by atoms with Gasteiger partial charge in [0.1, 0.15) is 9.88 Å². The Morgan fingerprint density at radius 3 is 2.72 bits per heavy atom. The van der Waals surface area contributed by atoms with Crippen molar-refractivity contribution >= 4 is 29.0 Å². The number of para-hydroxylation sites is 1. The molecule has 1 unspecified atom stereocenters. The summed E-state index contributed by atoms with van der Waals surface area (Å²) in [4.78, 5) is 23.6. The topological polar surface area (TPSA) is 78.8 Å². The zero-order valence-corrected chi connectivity index (χ0v) is 18.7. The van der Waals surface area contributed by atoms with Crippen LogP contribution in [-0.2, 0) is 4.74 Å². The third-order valence-corrected chi connectivity index (χ3v) is 5.70. The summed E-state index contributed by atoms with van der Waals surface area (Å²) in [6, 6.07) is 10.3. The highest BCUT2D eigenvalue weighted by molar-refractivity contribution is 7.13. The Hall–Kier alpha value is -2.61. The maximum atomic E-state index is 12.0. The zero-order chi connectivity index (χ0) is 21.2.